The summed E-state index contributed by atoms with van der Waals surface area (Å²) in [4.78, 5) is 16.4. The monoisotopic (exact) mass is 543 g/mol. The third-order valence-electron chi connectivity index (χ3n) is 5.86. The molecule has 0 amide bonds. The number of rotatable bonds is 6. The number of carbonyl (C=O) groups is 1. The SMILES string of the molecule is CC(I)C(=O)OC1(c2ccc([S+](c3ccccc3)c3ccccc3)cc2)CCCCC1. The van der Waals surface area contributed by atoms with Gasteiger partial charge in [-0.05, 0) is 74.6 Å². The minimum absolute atomic E-state index is 0.111. The van der Waals surface area contributed by atoms with Gasteiger partial charge in [0.2, 0.25) is 0 Å². The Hall–Kier alpha value is -1.79. The van der Waals surface area contributed by atoms with Gasteiger partial charge in [-0.25, -0.2) is 0 Å². The average Bonchev–Trinajstić information content (AvgIpc) is 2.82. The van der Waals surface area contributed by atoms with Gasteiger partial charge in [-0.15, -0.1) is 0 Å². The molecule has 0 bridgehead atoms. The Labute approximate surface area is 201 Å². The molecule has 0 radical (unpaired) electrons. The molecule has 0 N–H and O–H groups in total. The Balaban J connectivity index is 1.70. The number of benzene rings is 3. The number of hydrogen-bond acceptors (Lipinski definition) is 2. The van der Waals surface area contributed by atoms with Gasteiger partial charge < -0.3 is 4.74 Å². The van der Waals surface area contributed by atoms with E-state index in [1.807, 2.05) is 6.92 Å². The smallest absolute Gasteiger partial charge is 0.319 e. The second-order valence-corrected chi connectivity index (χ2v) is 11.9. The fourth-order valence-corrected chi connectivity index (χ4v) is 6.47. The Kier molecular flexibility index (Phi) is 7.39. The van der Waals surface area contributed by atoms with Crippen molar-refractivity contribution in [2.75, 3.05) is 0 Å². The molecule has 160 valence electrons. The van der Waals surface area contributed by atoms with E-state index in [0.29, 0.717) is 0 Å². The van der Waals surface area contributed by atoms with Crippen LogP contribution in [0.4, 0.5) is 0 Å². The Bertz CT molecular complexity index is 941. The third-order valence-corrected chi connectivity index (χ3v) is 8.60. The van der Waals surface area contributed by atoms with E-state index in [2.05, 4.69) is 108 Å². The number of ether oxygens (including phenoxy) is 1. The molecule has 0 saturated heterocycles. The predicted octanol–water partition coefficient (Wildman–Crippen LogP) is 7.31. The Morgan fingerprint density at radius 2 is 1.29 bits per heavy atom. The fourth-order valence-electron chi connectivity index (χ4n) is 4.26. The Morgan fingerprint density at radius 1 is 0.806 bits per heavy atom. The van der Waals surface area contributed by atoms with Crippen LogP contribution in [0, 0.1) is 0 Å². The van der Waals surface area contributed by atoms with Crippen LogP contribution < -0.4 is 0 Å². The second-order valence-electron chi connectivity index (χ2n) is 8.05. The van der Waals surface area contributed by atoms with Crippen molar-refractivity contribution in [1.29, 1.82) is 0 Å². The lowest BCUT2D eigenvalue weighted by atomic mass is 9.79. The highest BCUT2D eigenvalue weighted by molar-refractivity contribution is 14.1. The number of carbonyl (C=O) groups excluding carboxylic acids is 1. The maximum absolute atomic E-state index is 12.5. The predicted molar refractivity (Wildman–Crippen MR) is 136 cm³/mol. The summed E-state index contributed by atoms with van der Waals surface area (Å²) >= 11 is 2.14. The van der Waals surface area contributed by atoms with E-state index < -0.39 is 5.60 Å². The van der Waals surface area contributed by atoms with Crippen LogP contribution in [0.15, 0.2) is 99.6 Å². The number of esters is 1. The van der Waals surface area contributed by atoms with Crippen LogP contribution in [0.2, 0.25) is 0 Å². The van der Waals surface area contributed by atoms with Gasteiger partial charge in [0.25, 0.3) is 0 Å². The van der Waals surface area contributed by atoms with E-state index in [9.17, 15) is 4.79 Å². The topological polar surface area (TPSA) is 26.3 Å². The van der Waals surface area contributed by atoms with Gasteiger partial charge in [-0.1, -0.05) is 77.5 Å². The molecule has 1 fully saturated rings. The van der Waals surface area contributed by atoms with Crippen LogP contribution in [0.3, 0.4) is 0 Å². The molecule has 3 aromatic carbocycles. The highest BCUT2D eigenvalue weighted by Crippen LogP contribution is 2.42. The molecule has 1 unspecified atom stereocenters. The highest BCUT2D eigenvalue weighted by atomic mass is 127. The average molecular weight is 543 g/mol. The van der Waals surface area contributed by atoms with Crippen molar-refractivity contribution in [3.63, 3.8) is 0 Å². The molecule has 0 heterocycles. The largest absolute Gasteiger partial charge is 0.453 e. The first-order chi connectivity index (χ1) is 15.1. The zero-order chi connectivity index (χ0) is 21.7. The summed E-state index contributed by atoms with van der Waals surface area (Å²) in [6.07, 6.45) is 5.23. The molecule has 2 nitrogen and oxygen atoms in total. The minimum Gasteiger partial charge on any atom is -0.453 e. The molecule has 0 aliphatic heterocycles. The lowest BCUT2D eigenvalue weighted by molar-refractivity contribution is -0.163. The molecule has 0 aromatic heterocycles. The second kappa shape index (κ2) is 10.2. The van der Waals surface area contributed by atoms with E-state index in [0.717, 1.165) is 31.2 Å². The van der Waals surface area contributed by atoms with E-state index in [1.165, 1.54) is 21.1 Å². The summed E-state index contributed by atoms with van der Waals surface area (Å²) in [5.41, 5.74) is 0.650. The van der Waals surface area contributed by atoms with Crippen molar-refractivity contribution in [3.8, 4) is 0 Å². The van der Waals surface area contributed by atoms with E-state index in [1.54, 1.807) is 0 Å². The minimum atomic E-state index is -0.481. The van der Waals surface area contributed by atoms with Gasteiger partial charge in [0, 0.05) is 0 Å². The summed E-state index contributed by atoms with van der Waals surface area (Å²) in [6.45, 7) is 1.90. The standard InChI is InChI=1S/C27H28IO2S/c1-21(28)26(29)30-27(19-9-4-10-20-27)22-15-17-25(18-16-22)31(23-11-5-2-6-12-23)24-13-7-3-8-14-24/h2-3,5-8,11-18,21H,4,9-10,19-20H2,1H3/q+1. The molecule has 3 aromatic rings. The van der Waals surface area contributed by atoms with Gasteiger partial charge in [-0.2, -0.15) is 0 Å². The number of halogens is 1. The zero-order valence-corrected chi connectivity index (χ0v) is 20.8. The zero-order valence-electron chi connectivity index (χ0n) is 17.8. The maximum Gasteiger partial charge on any atom is 0.319 e. The number of hydrogen-bond donors (Lipinski definition) is 0. The van der Waals surface area contributed by atoms with Crippen LogP contribution in [-0.4, -0.2) is 9.89 Å². The lowest BCUT2D eigenvalue weighted by Crippen LogP contribution is -2.36. The van der Waals surface area contributed by atoms with Gasteiger partial charge in [-0.3, -0.25) is 4.79 Å². The molecule has 1 saturated carbocycles. The summed E-state index contributed by atoms with van der Waals surface area (Å²) in [7, 11) is -0.168. The quantitative estimate of drug-likeness (QED) is 0.141. The van der Waals surface area contributed by atoms with Gasteiger partial charge in [0.15, 0.2) is 14.7 Å². The molecular formula is C27H28IO2S+. The van der Waals surface area contributed by atoms with Crippen molar-refractivity contribution in [2.45, 2.75) is 63.2 Å². The van der Waals surface area contributed by atoms with Crippen LogP contribution in [0.25, 0.3) is 0 Å². The first-order valence-corrected chi connectivity index (χ1v) is 13.4. The van der Waals surface area contributed by atoms with Crippen LogP contribution in [-0.2, 0) is 26.0 Å². The van der Waals surface area contributed by atoms with E-state index in [-0.39, 0.29) is 20.8 Å². The van der Waals surface area contributed by atoms with E-state index in [4.69, 9.17) is 4.74 Å². The first-order valence-electron chi connectivity index (χ1n) is 10.9. The Morgan fingerprint density at radius 3 is 1.77 bits per heavy atom. The third kappa shape index (κ3) is 5.17. The molecular weight excluding hydrogens is 515 g/mol. The molecule has 4 rings (SSSR count). The molecule has 0 spiro atoms. The lowest BCUT2D eigenvalue weighted by Gasteiger charge is -2.37. The fraction of sp³-hybridized carbons (Fsp3) is 0.296. The van der Waals surface area contributed by atoms with Crippen molar-refractivity contribution in [2.24, 2.45) is 0 Å². The summed E-state index contributed by atoms with van der Waals surface area (Å²) in [5.74, 6) is -0.111. The number of alkyl halides is 1. The van der Waals surface area contributed by atoms with Crippen LogP contribution in [0.1, 0.15) is 44.6 Å². The van der Waals surface area contributed by atoms with Crippen molar-refractivity contribution >= 4 is 39.5 Å². The summed E-state index contributed by atoms with van der Waals surface area (Å²) in [6, 6.07) is 30.2. The van der Waals surface area contributed by atoms with Crippen molar-refractivity contribution in [1.82, 2.24) is 0 Å². The van der Waals surface area contributed by atoms with Crippen molar-refractivity contribution in [3.05, 3.63) is 90.5 Å². The molecule has 1 aliphatic rings. The summed E-state index contributed by atoms with van der Waals surface area (Å²) in [5, 5.41) is 0. The van der Waals surface area contributed by atoms with Gasteiger partial charge >= 0.3 is 5.97 Å². The van der Waals surface area contributed by atoms with Crippen molar-refractivity contribution < 1.29 is 9.53 Å². The van der Waals surface area contributed by atoms with Gasteiger partial charge in [0.05, 0.1) is 10.9 Å². The molecule has 1 aliphatic carbocycles. The van der Waals surface area contributed by atoms with Crippen LogP contribution >= 0.6 is 22.6 Å². The van der Waals surface area contributed by atoms with E-state index >= 15 is 0 Å². The molecule has 4 heteroatoms. The highest BCUT2D eigenvalue weighted by Gasteiger charge is 2.39. The normalized spacial score (nSPS) is 16.6. The first kappa shape index (κ1) is 22.4. The molecule has 31 heavy (non-hydrogen) atoms. The molecule has 1 atom stereocenters. The summed E-state index contributed by atoms with van der Waals surface area (Å²) < 4.78 is 6.01. The van der Waals surface area contributed by atoms with Gasteiger partial charge in [0.1, 0.15) is 9.53 Å². The maximum atomic E-state index is 12.5. The van der Waals surface area contributed by atoms with Crippen LogP contribution in [0.5, 0.6) is 0 Å².